The summed E-state index contributed by atoms with van der Waals surface area (Å²) in [5.41, 5.74) is 0.575. The van der Waals surface area contributed by atoms with E-state index >= 15 is 0 Å². The van der Waals surface area contributed by atoms with Gasteiger partial charge in [-0.15, -0.1) is 0 Å². The van der Waals surface area contributed by atoms with E-state index in [1.54, 1.807) is 18.2 Å². The Bertz CT molecular complexity index is 664. The molecule has 0 amide bonds. The van der Waals surface area contributed by atoms with Crippen molar-refractivity contribution in [2.45, 2.75) is 5.33 Å². The van der Waals surface area contributed by atoms with E-state index in [9.17, 15) is 14.5 Å². The lowest BCUT2D eigenvalue weighted by Crippen LogP contribution is -1.96. The minimum atomic E-state index is -0.778. The fourth-order valence-electron chi connectivity index (χ4n) is 1.56. The van der Waals surface area contributed by atoms with Crippen molar-refractivity contribution >= 4 is 37.5 Å². The van der Waals surface area contributed by atoms with Gasteiger partial charge in [-0.25, -0.2) is 4.39 Å². The Kier molecular flexibility index (Phi) is 4.72. The first-order valence-electron chi connectivity index (χ1n) is 5.48. The lowest BCUT2D eigenvalue weighted by molar-refractivity contribution is -0.385. The van der Waals surface area contributed by atoms with Crippen LogP contribution in [0.4, 0.5) is 10.1 Å². The molecule has 20 heavy (non-hydrogen) atoms. The number of hydrogen-bond donors (Lipinski definition) is 0. The molecule has 0 N–H and O–H groups in total. The number of ether oxygens (including phenoxy) is 1. The van der Waals surface area contributed by atoms with Gasteiger partial charge in [0.2, 0.25) is 5.75 Å². The van der Waals surface area contributed by atoms with E-state index in [-0.39, 0.29) is 0 Å². The summed E-state index contributed by atoms with van der Waals surface area (Å²) >= 11 is 6.67. The van der Waals surface area contributed by atoms with Crippen LogP contribution in [0.3, 0.4) is 0 Å². The molecule has 0 bridgehead atoms. The van der Waals surface area contributed by atoms with Gasteiger partial charge in [0.1, 0.15) is 5.75 Å². The Labute approximate surface area is 131 Å². The molecule has 0 fully saturated rings. The molecule has 0 atom stereocenters. The Balaban J connectivity index is 2.39. The van der Waals surface area contributed by atoms with Crippen LogP contribution in [0.15, 0.2) is 40.9 Å². The second-order valence-electron chi connectivity index (χ2n) is 3.83. The van der Waals surface area contributed by atoms with E-state index in [2.05, 4.69) is 31.9 Å². The average molecular weight is 405 g/mol. The molecule has 2 aromatic rings. The van der Waals surface area contributed by atoms with Gasteiger partial charge in [-0.05, 0) is 23.8 Å². The number of nitro benzene ring substituents is 1. The van der Waals surface area contributed by atoms with Gasteiger partial charge in [-0.1, -0.05) is 44.0 Å². The molecule has 4 nitrogen and oxygen atoms in total. The fourth-order valence-corrected chi connectivity index (χ4v) is 2.92. The van der Waals surface area contributed by atoms with Gasteiger partial charge in [-0.2, -0.15) is 0 Å². The molecule has 0 aliphatic carbocycles. The maximum Gasteiger partial charge on any atom is 0.314 e. The smallest absolute Gasteiger partial charge is 0.314 e. The molecule has 104 valence electrons. The van der Waals surface area contributed by atoms with Crippen LogP contribution < -0.4 is 4.74 Å². The van der Waals surface area contributed by atoms with E-state index in [0.29, 0.717) is 11.1 Å². The topological polar surface area (TPSA) is 52.4 Å². The highest BCUT2D eigenvalue weighted by Gasteiger charge is 2.20. The summed E-state index contributed by atoms with van der Waals surface area (Å²) in [5.74, 6) is -0.856. The summed E-state index contributed by atoms with van der Waals surface area (Å²) in [6.07, 6.45) is 0. The predicted octanol–water partition coefficient (Wildman–Crippen LogP) is 5.18. The first-order valence-corrected chi connectivity index (χ1v) is 7.39. The quantitative estimate of drug-likeness (QED) is 0.400. The molecule has 0 aliphatic rings. The number of hydrogen-bond acceptors (Lipinski definition) is 3. The molecular formula is C13H8Br2FNO3. The van der Waals surface area contributed by atoms with Crippen LogP contribution in [0.5, 0.6) is 11.5 Å². The molecule has 0 aliphatic heterocycles. The zero-order chi connectivity index (χ0) is 14.7. The van der Waals surface area contributed by atoms with Gasteiger partial charge >= 0.3 is 5.69 Å². The summed E-state index contributed by atoms with van der Waals surface area (Å²) in [4.78, 5) is 10.2. The zero-order valence-corrected chi connectivity index (χ0v) is 13.1. The third-order valence-electron chi connectivity index (χ3n) is 2.53. The highest BCUT2D eigenvalue weighted by atomic mass is 79.9. The summed E-state index contributed by atoms with van der Waals surface area (Å²) in [5, 5.41) is 11.5. The van der Waals surface area contributed by atoms with Crippen LogP contribution >= 0.6 is 31.9 Å². The standard InChI is InChI=1S/C13H8Br2FNO3/c14-7-8-4-5-9(6-10(8)15)20-13-11(16)2-1-3-12(13)17(18)19/h1-6H,7H2. The summed E-state index contributed by atoms with van der Waals surface area (Å²) < 4.78 is 19.8. The van der Waals surface area contributed by atoms with E-state index in [1.807, 2.05) is 0 Å². The van der Waals surface area contributed by atoms with Crippen molar-refractivity contribution in [1.29, 1.82) is 0 Å². The van der Waals surface area contributed by atoms with Crippen LogP contribution in [0.2, 0.25) is 0 Å². The van der Waals surface area contributed by atoms with Crippen LogP contribution in [-0.2, 0) is 5.33 Å². The molecule has 0 heterocycles. The SMILES string of the molecule is O=[N+]([O-])c1cccc(F)c1Oc1ccc(CBr)c(Br)c1. The van der Waals surface area contributed by atoms with E-state index in [1.165, 1.54) is 12.1 Å². The number of rotatable bonds is 4. The van der Waals surface area contributed by atoms with Crippen LogP contribution in [0.25, 0.3) is 0 Å². The predicted molar refractivity (Wildman–Crippen MR) is 79.9 cm³/mol. The van der Waals surface area contributed by atoms with E-state index in [4.69, 9.17) is 4.74 Å². The number of alkyl halides is 1. The summed E-state index contributed by atoms with van der Waals surface area (Å²) in [6, 6.07) is 8.61. The van der Waals surface area contributed by atoms with Gasteiger partial charge in [0.15, 0.2) is 5.82 Å². The molecule has 0 aromatic heterocycles. The van der Waals surface area contributed by atoms with Gasteiger partial charge in [0, 0.05) is 15.9 Å². The van der Waals surface area contributed by atoms with Gasteiger partial charge < -0.3 is 4.74 Å². The van der Waals surface area contributed by atoms with E-state index < -0.39 is 22.2 Å². The van der Waals surface area contributed by atoms with Crippen LogP contribution in [0.1, 0.15) is 5.56 Å². The lowest BCUT2D eigenvalue weighted by atomic mass is 10.2. The van der Waals surface area contributed by atoms with E-state index in [0.717, 1.165) is 16.1 Å². The second kappa shape index (κ2) is 6.32. The molecule has 0 radical (unpaired) electrons. The van der Waals surface area contributed by atoms with Crippen molar-refractivity contribution in [1.82, 2.24) is 0 Å². The maximum absolute atomic E-state index is 13.7. The number of nitro groups is 1. The minimum Gasteiger partial charge on any atom is -0.447 e. The number of benzene rings is 2. The molecule has 0 unspecified atom stereocenters. The van der Waals surface area contributed by atoms with Crippen molar-refractivity contribution in [3.8, 4) is 11.5 Å². The highest BCUT2D eigenvalue weighted by molar-refractivity contribution is 9.10. The normalized spacial score (nSPS) is 10.3. The minimum absolute atomic E-state index is 0.315. The number of halogens is 3. The van der Waals surface area contributed by atoms with Gasteiger partial charge in [0.25, 0.3) is 0 Å². The summed E-state index contributed by atoms with van der Waals surface area (Å²) in [6.45, 7) is 0. The Morgan fingerprint density at radius 1 is 1.30 bits per heavy atom. The zero-order valence-electron chi connectivity index (χ0n) is 9.98. The van der Waals surface area contributed by atoms with Crippen molar-refractivity contribution < 1.29 is 14.1 Å². The number of para-hydroxylation sites is 1. The average Bonchev–Trinajstić information content (AvgIpc) is 2.41. The van der Waals surface area contributed by atoms with Crippen molar-refractivity contribution in [3.05, 3.63) is 62.4 Å². The van der Waals surface area contributed by atoms with Crippen LogP contribution in [0, 0.1) is 15.9 Å². The fraction of sp³-hybridized carbons (Fsp3) is 0.0769. The first-order chi connectivity index (χ1) is 9.52. The van der Waals surface area contributed by atoms with Crippen molar-refractivity contribution in [3.63, 3.8) is 0 Å². The highest BCUT2D eigenvalue weighted by Crippen LogP contribution is 2.35. The van der Waals surface area contributed by atoms with Crippen molar-refractivity contribution in [2.24, 2.45) is 0 Å². The van der Waals surface area contributed by atoms with Crippen molar-refractivity contribution in [2.75, 3.05) is 0 Å². The van der Waals surface area contributed by atoms with Gasteiger partial charge in [-0.3, -0.25) is 10.1 Å². The third kappa shape index (κ3) is 3.16. The Morgan fingerprint density at radius 3 is 2.65 bits per heavy atom. The summed E-state index contributed by atoms with van der Waals surface area (Å²) in [7, 11) is 0. The third-order valence-corrected chi connectivity index (χ3v) is 3.87. The van der Waals surface area contributed by atoms with Gasteiger partial charge in [0.05, 0.1) is 4.92 Å². The van der Waals surface area contributed by atoms with Crippen LogP contribution in [-0.4, -0.2) is 4.92 Å². The maximum atomic E-state index is 13.7. The molecule has 7 heteroatoms. The first kappa shape index (κ1) is 14.9. The molecular weight excluding hydrogens is 397 g/mol. The molecule has 2 aromatic carbocycles. The Morgan fingerprint density at radius 2 is 2.05 bits per heavy atom. The monoisotopic (exact) mass is 403 g/mol. The largest absolute Gasteiger partial charge is 0.447 e. The number of nitrogens with zero attached hydrogens (tertiary/aromatic N) is 1. The molecule has 0 spiro atoms. The molecule has 2 rings (SSSR count). The lowest BCUT2D eigenvalue weighted by Gasteiger charge is -2.09. The second-order valence-corrected chi connectivity index (χ2v) is 5.25. The molecule has 0 saturated heterocycles. The Hall–Kier alpha value is -1.47. The molecule has 0 saturated carbocycles.